The van der Waals surface area contributed by atoms with Gasteiger partial charge in [-0.2, -0.15) is 4.57 Å². The van der Waals surface area contributed by atoms with E-state index < -0.39 is 10.2 Å². The Hall–Kier alpha value is -2.87. The van der Waals surface area contributed by atoms with Crippen molar-refractivity contribution in [1.29, 1.82) is 0 Å². The topological polar surface area (TPSA) is 99.4 Å². The Labute approximate surface area is 220 Å². The lowest BCUT2D eigenvalue weighted by atomic mass is 10.1. The zero-order valence-electron chi connectivity index (χ0n) is 19.6. The molecule has 0 N–H and O–H groups in total. The lowest BCUT2D eigenvalue weighted by Crippen LogP contribution is -2.68. The molecule has 2 heterocycles. The second-order valence-corrected chi connectivity index (χ2v) is 10.4. The number of anilines is 1. The van der Waals surface area contributed by atoms with Crippen molar-refractivity contribution in [2.75, 3.05) is 11.4 Å². The van der Waals surface area contributed by atoms with Crippen molar-refractivity contribution in [2.24, 2.45) is 0 Å². The first-order chi connectivity index (χ1) is 17.3. The van der Waals surface area contributed by atoms with Crippen LogP contribution in [0, 0.1) is 22.1 Å². The van der Waals surface area contributed by atoms with Crippen molar-refractivity contribution < 1.29 is 33.4 Å². The molecule has 0 radical (unpaired) electrons. The number of halogens is 1. The third-order valence-electron chi connectivity index (χ3n) is 5.42. The molecule has 3 aromatic carbocycles. The van der Waals surface area contributed by atoms with Crippen molar-refractivity contribution in [3.8, 4) is 11.8 Å². The van der Waals surface area contributed by atoms with Crippen molar-refractivity contribution in [3.63, 3.8) is 0 Å². The standard InChI is InChI=1S/C27H23N2S2.ClHO4/c1-3-28-22-14-8-10-16-24(22)30-26(28)19-18-21(20-12-6-5-7-13-20)27-29(4-2)23-15-9-11-17-25(23)31-27;2-1(3,4)5/h5-17H,3-4H2,1-2H3;(H,2,3,4,5)/q+1;/p-1. The normalized spacial score (nSPS) is 14.0. The number of aryl methyl sites for hydroxylation is 1. The Balaban J connectivity index is 0.000000556. The van der Waals surface area contributed by atoms with Gasteiger partial charge in [-0.1, -0.05) is 83.6 Å². The number of thiazole rings is 1. The molecule has 6 nitrogen and oxygen atoms in total. The van der Waals surface area contributed by atoms with E-state index in [9.17, 15) is 0 Å². The largest absolute Gasteiger partial charge is 0.334 e. The second-order valence-electron chi connectivity index (χ2n) is 7.61. The maximum Gasteiger partial charge on any atom is 0.315 e. The summed E-state index contributed by atoms with van der Waals surface area (Å²) in [4.78, 5) is 3.68. The van der Waals surface area contributed by atoms with Crippen LogP contribution in [0.15, 0.2) is 88.8 Å². The van der Waals surface area contributed by atoms with Crippen molar-refractivity contribution in [3.05, 3.63) is 94.5 Å². The van der Waals surface area contributed by atoms with E-state index in [-0.39, 0.29) is 0 Å². The highest BCUT2D eigenvalue weighted by atomic mass is 35.7. The second kappa shape index (κ2) is 11.5. The number of aromatic nitrogens is 1. The van der Waals surface area contributed by atoms with E-state index in [2.05, 4.69) is 114 Å². The van der Waals surface area contributed by atoms with Crippen LogP contribution in [0.4, 0.5) is 5.69 Å². The lowest BCUT2D eigenvalue weighted by Gasteiger charge is -2.20. The van der Waals surface area contributed by atoms with Crippen LogP contribution in [0.3, 0.4) is 0 Å². The molecule has 0 unspecified atom stereocenters. The van der Waals surface area contributed by atoms with Crippen LogP contribution in [0.1, 0.15) is 24.4 Å². The smallest absolute Gasteiger partial charge is 0.315 e. The Morgan fingerprint density at radius 3 is 2.22 bits per heavy atom. The van der Waals surface area contributed by atoms with Crippen LogP contribution in [0.5, 0.6) is 0 Å². The molecular formula is C27H23ClN2O4S2. The number of benzene rings is 3. The number of rotatable bonds is 3. The van der Waals surface area contributed by atoms with Crippen LogP contribution in [-0.4, -0.2) is 6.54 Å². The summed E-state index contributed by atoms with van der Waals surface area (Å²) in [5.74, 6) is 7.12. The fourth-order valence-electron chi connectivity index (χ4n) is 3.95. The summed E-state index contributed by atoms with van der Waals surface area (Å²) >= 11 is 3.59. The first kappa shape index (κ1) is 26.2. The van der Waals surface area contributed by atoms with Crippen LogP contribution < -0.4 is 28.1 Å². The van der Waals surface area contributed by atoms with Gasteiger partial charge in [0, 0.05) is 23.4 Å². The molecule has 0 fully saturated rings. The van der Waals surface area contributed by atoms with Crippen LogP contribution in [-0.2, 0) is 6.54 Å². The average Bonchev–Trinajstić information content (AvgIpc) is 3.41. The van der Waals surface area contributed by atoms with Crippen LogP contribution in [0.2, 0.25) is 0 Å². The minimum Gasteiger partial charge on any atom is -0.334 e. The third-order valence-corrected chi connectivity index (χ3v) is 7.68. The van der Waals surface area contributed by atoms with Gasteiger partial charge in [-0.15, -0.1) is 10.2 Å². The Morgan fingerprint density at radius 2 is 1.53 bits per heavy atom. The lowest BCUT2D eigenvalue weighted by molar-refractivity contribution is -2.00. The van der Waals surface area contributed by atoms with Gasteiger partial charge in [-0.05, 0) is 37.6 Å². The molecule has 1 aromatic heterocycles. The van der Waals surface area contributed by atoms with Gasteiger partial charge < -0.3 is 4.90 Å². The van der Waals surface area contributed by atoms with Crippen molar-refractivity contribution in [1.82, 2.24) is 0 Å². The Kier molecular flexibility index (Phi) is 8.34. The molecule has 4 aromatic rings. The summed E-state index contributed by atoms with van der Waals surface area (Å²) in [6, 6.07) is 27.7. The fraction of sp³-hybridized carbons (Fsp3) is 0.148. The summed E-state index contributed by atoms with van der Waals surface area (Å²) in [6.45, 7) is 6.21. The minimum absolute atomic E-state index is 0.909. The van der Waals surface area contributed by atoms with Gasteiger partial charge in [0.05, 0.1) is 16.3 Å². The van der Waals surface area contributed by atoms with E-state index in [4.69, 9.17) is 18.6 Å². The van der Waals surface area contributed by atoms with E-state index in [1.165, 1.54) is 25.8 Å². The minimum atomic E-state index is -4.94. The van der Waals surface area contributed by atoms with Gasteiger partial charge >= 0.3 is 5.01 Å². The van der Waals surface area contributed by atoms with Gasteiger partial charge in [-0.3, -0.25) is 0 Å². The molecule has 0 saturated carbocycles. The van der Waals surface area contributed by atoms with Crippen LogP contribution in [0.25, 0.3) is 15.8 Å². The third kappa shape index (κ3) is 6.09. The molecule has 1 aliphatic rings. The summed E-state index contributed by atoms with van der Waals surface area (Å²) in [6.07, 6.45) is 0. The molecule has 0 atom stereocenters. The van der Waals surface area contributed by atoms with E-state index >= 15 is 0 Å². The predicted octanol–water partition coefficient (Wildman–Crippen LogP) is 1.81. The number of hydrogen-bond acceptors (Lipinski definition) is 7. The maximum atomic E-state index is 8.49. The molecule has 0 saturated heterocycles. The molecular weight excluding hydrogens is 516 g/mol. The molecule has 36 heavy (non-hydrogen) atoms. The van der Waals surface area contributed by atoms with Gasteiger partial charge in [0.2, 0.25) is 5.52 Å². The van der Waals surface area contributed by atoms with E-state index in [1.807, 2.05) is 11.8 Å². The number of hydrogen-bond donors (Lipinski definition) is 0. The molecule has 0 aliphatic carbocycles. The molecule has 0 amide bonds. The molecule has 0 bridgehead atoms. The first-order valence-electron chi connectivity index (χ1n) is 11.2. The number of thioether (sulfide) groups is 1. The number of nitrogens with zero attached hydrogens (tertiary/aromatic N) is 2. The average molecular weight is 539 g/mol. The number of fused-ring (bicyclic) bond motifs is 2. The Morgan fingerprint density at radius 1 is 0.889 bits per heavy atom. The summed E-state index contributed by atoms with van der Waals surface area (Å²) in [5.41, 5.74) is 4.77. The molecule has 0 spiro atoms. The van der Waals surface area contributed by atoms with Crippen molar-refractivity contribution >= 4 is 44.6 Å². The van der Waals surface area contributed by atoms with Gasteiger partial charge in [0.1, 0.15) is 11.2 Å². The highest BCUT2D eigenvalue weighted by Crippen LogP contribution is 2.48. The molecule has 5 rings (SSSR count). The first-order valence-corrected chi connectivity index (χ1v) is 14.1. The van der Waals surface area contributed by atoms with Crippen molar-refractivity contribution in [2.45, 2.75) is 25.3 Å². The monoisotopic (exact) mass is 538 g/mol. The Bertz CT molecular complexity index is 1450. The zero-order valence-corrected chi connectivity index (χ0v) is 22.0. The molecule has 184 valence electrons. The number of allylic oxidation sites excluding steroid dienone is 1. The summed E-state index contributed by atoms with van der Waals surface area (Å²) < 4.78 is 37.6. The quantitative estimate of drug-likeness (QED) is 0.291. The van der Waals surface area contributed by atoms with Gasteiger partial charge in [0.15, 0.2) is 0 Å². The van der Waals surface area contributed by atoms with Crippen LogP contribution >= 0.6 is 23.1 Å². The maximum absolute atomic E-state index is 8.49. The van der Waals surface area contributed by atoms with E-state index in [1.54, 1.807) is 11.3 Å². The van der Waals surface area contributed by atoms with E-state index in [0.717, 1.165) is 29.2 Å². The highest BCUT2D eigenvalue weighted by Gasteiger charge is 2.27. The SMILES string of the molecule is CCN1/C(=C(\C#Cc2sc3ccccc3[n+]2CC)c2ccccc2)Sc2ccccc21.[O-][Cl+3]([O-])([O-])[O-]. The number of para-hydroxylation sites is 2. The predicted molar refractivity (Wildman–Crippen MR) is 133 cm³/mol. The highest BCUT2D eigenvalue weighted by molar-refractivity contribution is 8.04. The van der Waals surface area contributed by atoms with E-state index in [0.29, 0.717) is 0 Å². The van der Waals surface area contributed by atoms with Gasteiger partial charge in [0.25, 0.3) is 0 Å². The van der Waals surface area contributed by atoms with Gasteiger partial charge in [-0.25, -0.2) is 18.6 Å². The fourth-order valence-corrected chi connectivity index (χ4v) is 6.27. The summed E-state index contributed by atoms with van der Waals surface area (Å²) in [5, 5.41) is 2.31. The summed E-state index contributed by atoms with van der Waals surface area (Å²) in [7, 11) is -4.94. The molecule has 9 heteroatoms. The zero-order chi connectivity index (χ0) is 25.7. The molecule has 1 aliphatic heterocycles.